The molecule has 0 N–H and O–H groups in total. The summed E-state index contributed by atoms with van der Waals surface area (Å²) in [6.45, 7) is 0. The lowest BCUT2D eigenvalue weighted by molar-refractivity contribution is -0.255. The van der Waals surface area contributed by atoms with Crippen LogP contribution in [0.5, 0.6) is 0 Å². The van der Waals surface area contributed by atoms with Crippen LogP contribution in [0, 0.1) is 0 Å². The first kappa shape index (κ1) is 13.4. The van der Waals surface area contributed by atoms with Crippen molar-refractivity contribution in [1.82, 2.24) is 9.78 Å². The maximum atomic E-state index is 12.9. The van der Waals surface area contributed by atoms with Gasteiger partial charge in [0.25, 0.3) is 0 Å². The summed E-state index contributed by atoms with van der Waals surface area (Å²) in [5.41, 5.74) is -2.36. The number of hydrogen-bond acceptors (Lipinski definition) is 3. The number of carboxylic acids is 1. The molecule has 0 aliphatic rings. The summed E-state index contributed by atoms with van der Waals surface area (Å²) in [5, 5.41) is 14.5. The number of nitrogens with zero attached hydrogens (tertiary/aromatic N) is 2. The van der Waals surface area contributed by atoms with Crippen molar-refractivity contribution in [3.8, 4) is 5.69 Å². The van der Waals surface area contributed by atoms with Gasteiger partial charge in [0.05, 0.1) is 17.9 Å². The minimum absolute atomic E-state index is 0.0456. The Morgan fingerprint density at radius 2 is 1.84 bits per heavy atom. The third-order valence-corrected chi connectivity index (χ3v) is 2.58. The molecule has 2 aromatic rings. The molecule has 0 unspecified atom stereocenters. The summed E-state index contributed by atoms with van der Waals surface area (Å²) in [4.78, 5) is 10.7. The fourth-order valence-corrected chi connectivity index (χ4v) is 1.67. The molecule has 1 aromatic heterocycles. The van der Waals surface area contributed by atoms with Gasteiger partial charge in [-0.25, -0.2) is 4.68 Å². The zero-order valence-electron chi connectivity index (χ0n) is 9.11. The number of alkyl halides is 3. The first-order valence-electron chi connectivity index (χ1n) is 4.93. The fourth-order valence-electron chi connectivity index (χ4n) is 1.55. The lowest BCUT2D eigenvalue weighted by Crippen LogP contribution is -2.26. The van der Waals surface area contributed by atoms with Crippen LogP contribution in [0.1, 0.15) is 16.1 Å². The van der Waals surface area contributed by atoms with Crippen molar-refractivity contribution >= 4 is 17.6 Å². The highest BCUT2D eigenvalue weighted by Crippen LogP contribution is 2.33. The number of carbonyl (C=O) groups is 1. The van der Waals surface area contributed by atoms with Crippen molar-refractivity contribution in [3.63, 3.8) is 0 Å². The topological polar surface area (TPSA) is 57.9 Å². The lowest BCUT2D eigenvalue weighted by atomic mass is 10.2. The van der Waals surface area contributed by atoms with Crippen molar-refractivity contribution in [2.24, 2.45) is 0 Å². The zero-order chi connectivity index (χ0) is 14.2. The molecule has 0 radical (unpaired) electrons. The highest BCUT2D eigenvalue weighted by molar-refractivity contribution is 6.30. The Labute approximate surface area is 110 Å². The van der Waals surface area contributed by atoms with Crippen molar-refractivity contribution in [2.75, 3.05) is 0 Å². The molecule has 8 heteroatoms. The summed E-state index contributed by atoms with van der Waals surface area (Å²) in [7, 11) is 0. The van der Waals surface area contributed by atoms with E-state index in [2.05, 4.69) is 5.10 Å². The van der Waals surface area contributed by atoms with E-state index >= 15 is 0 Å². The maximum absolute atomic E-state index is 12.9. The van der Waals surface area contributed by atoms with E-state index < -0.39 is 23.4 Å². The standard InChI is InChI=1S/C11H6ClF3N2O2/c12-6-1-3-7(4-2-6)17-9(11(13,14)15)8(5-16-17)10(18)19/h1-5H,(H,18,19)/p-1. The molecule has 0 saturated carbocycles. The third-order valence-electron chi connectivity index (χ3n) is 2.33. The van der Waals surface area contributed by atoms with Gasteiger partial charge < -0.3 is 9.90 Å². The van der Waals surface area contributed by atoms with Crippen molar-refractivity contribution in [2.45, 2.75) is 6.18 Å². The SMILES string of the molecule is O=C([O-])c1cnn(-c2ccc(Cl)cc2)c1C(F)(F)F. The van der Waals surface area contributed by atoms with Gasteiger partial charge in [0.1, 0.15) is 0 Å². The maximum Gasteiger partial charge on any atom is 0.434 e. The molecule has 0 atom stereocenters. The molecular weight excluding hydrogens is 285 g/mol. The predicted octanol–water partition coefficient (Wildman–Crippen LogP) is 1.91. The van der Waals surface area contributed by atoms with Gasteiger partial charge in [0, 0.05) is 10.6 Å². The van der Waals surface area contributed by atoms with Crippen LogP contribution in [0.3, 0.4) is 0 Å². The molecule has 0 spiro atoms. The lowest BCUT2D eigenvalue weighted by Gasteiger charge is -2.13. The van der Waals surface area contributed by atoms with E-state index in [0.29, 0.717) is 15.9 Å². The van der Waals surface area contributed by atoms with Crippen LogP contribution < -0.4 is 5.11 Å². The molecule has 4 nitrogen and oxygen atoms in total. The summed E-state index contributed by atoms with van der Waals surface area (Å²) in [6.07, 6.45) is -4.27. The van der Waals surface area contributed by atoms with E-state index in [-0.39, 0.29) is 5.69 Å². The number of benzene rings is 1. The van der Waals surface area contributed by atoms with E-state index in [1.807, 2.05) is 0 Å². The minimum atomic E-state index is -4.87. The van der Waals surface area contributed by atoms with E-state index in [4.69, 9.17) is 11.6 Å². The Balaban J connectivity index is 2.64. The number of hydrogen-bond donors (Lipinski definition) is 0. The zero-order valence-corrected chi connectivity index (χ0v) is 9.87. The van der Waals surface area contributed by atoms with Crippen LogP contribution in [-0.4, -0.2) is 15.7 Å². The van der Waals surface area contributed by atoms with Gasteiger partial charge in [-0.15, -0.1) is 0 Å². The predicted molar refractivity (Wildman–Crippen MR) is 57.9 cm³/mol. The van der Waals surface area contributed by atoms with Crippen LogP contribution in [-0.2, 0) is 6.18 Å². The van der Waals surface area contributed by atoms with Gasteiger partial charge in [-0.05, 0) is 24.3 Å². The van der Waals surface area contributed by atoms with E-state index in [1.54, 1.807) is 0 Å². The Bertz CT molecular complexity index is 620. The minimum Gasteiger partial charge on any atom is -0.545 e. The van der Waals surface area contributed by atoms with Crippen molar-refractivity contribution in [1.29, 1.82) is 0 Å². The highest BCUT2D eigenvalue weighted by Gasteiger charge is 2.38. The van der Waals surface area contributed by atoms with Crippen LogP contribution in [0.4, 0.5) is 13.2 Å². The average Bonchev–Trinajstić information content (AvgIpc) is 2.74. The normalized spacial score (nSPS) is 11.6. The van der Waals surface area contributed by atoms with E-state index in [0.717, 1.165) is 0 Å². The second-order valence-corrected chi connectivity index (χ2v) is 4.02. The Morgan fingerprint density at radius 3 is 2.32 bits per heavy atom. The summed E-state index contributed by atoms with van der Waals surface area (Å²) >= 11 is 5.63. The molecule has 0 amide bonds. The number of aromatic nitrogens is 2. The van der Waals surface area contributed by atoms with E-state index in [9.17, 15) is 23.1 Å². The average molecular weight is 290 g/mol. The molecule has 0 saturated heterocycles. The molecule has 1 aromatic carbocycles. The molecule has 2 rings (SSSR count). The van der Waals surface area contributed by atoms with Crippen molar-refractivity contribution < 1.29 is 23.1 Å². The molecule has 0 fully saturated rings. The van der Waals surface area contributed by atoms with Gasteiger partial charge >= 0.3 is 6.18 Å². The van der Waals surface area contributed by atoms with Crippen LogP contribution >= 0.6 is 11.6 Å². The number of carbonyl (C=O) groups excluding carboxylic acids is 1. The summed E-state index contributed by atoms with van der Waals surface area (Å²) < 4.78 is 39.2. The molecule has 100 valence electrons. The molecule has 0 bridgehead atoms. The van der Waals surface area contributed by atoms with Gasteiger partial charge in [-0.3, -0.25) is 0 Å². The van der Waals surface area contributed by atoms with Gasteiger partial charge in [0.2, 0.25) is 0 Å². The van der Waals surface area contributed by atoms with Crippen LogP contribution in [0.2, 0.25) is 5.02 Å². The van der Waals surface area contributed by atoms with Gasteiger partial charge in [0.15, 0.2) is 5.69 Å². The smallest absolute Gasteiger partial charge is 0.434 e. The second kappa shape index (κ2) is 4.58. The Hall–Kier alpha value is -2.02. The molecular formula is C11H5ClF3N2O2-. The Morgan fingerprint density at radius 1 is 1.26 bits per heavy atom. The molecule has 19 heavy (non-hydrogen) atoms. The first-order chi connectivity index (χ1) is 8.80. The van der Waals surface area contributed by atoms with Crippen LogP contribution in [0.15, 0.2) is 30.5 Å². The number of carboxylic acid groups (broad SMARTS) is 1. The molecule has 1 heterocycles. The highest BCUT2D eigenvalue weighted by atomic mass is 35.5. The van der Waals surface area contributed by atoms with Crippen LogP contribution in [0.25, 0.3) is 5.69 Å². The number of aromatic carboxylic acids is 1. The number of halogens is 4. The van der Waals surface area contributed by atoms with Gasteiger partial charge in [-0.1, -0.05) is 11.6 Å². The number of rotatable bonds is 2. The first-order valence-corrected chi connectivity index (χ1v) is 5.31. The van der Waals surface area contributed by atoms with Gasteiger partial charge in [-0.2, -0.15) is 18.3 Å². The fraction of sp³-hybridized carbons (Fsp3) is 0.0909. The largest absolute Gasteiger partial charge is 0.545 e. The quantitative estimate of drug-likeness (QED) is 0.848. The summed E-state index contributed by atoms with van der Waals surface area (Å²) in [5.74, 6) is -1.94. The summed E-state index contributed by atoms with van der Waals surface area (Å²) in [6, 6.07) is 5.34. The van der Waals surface area contributed by atoms with Crippen molar-refractivity contribution in [3.05, 3.63) is 46.7 Å². The monoisotopic (exact) mass is 289 g/mol. The molecule has 0 aliphatic carbocycles. The second-order valence-electron chi connectivity index (χ2n) is 3.58. The Kier molecular flexibility index (Phi) is 3.23. The third kappa shape index (κ3) is 2.55. The van der Waals surface area contributed by atoms with E-state index in [1.165, 1.54) is 24.3 Å². The molecule has 0 aliphatic heterocycles.